The summed E-state index contributed by atoms with van der Waals surface area (Å²) < 4.78 is 0. The summed E-state index contributed by atoms with van der Waals surface area (Å²) in [5.74, 6) is 0.241. The largest absolute Gasteiger partial charge is 0.508 e. The predicted molar refractivity (Wildman–Crippen MR) is 56.5 cm³/mol. The third-order valence-corrected chi connectivity index (χ3v) is 2.45. The number of hydrogen-bond acceptors (Lipinski definition) is 2. The highest BCUT2D eigenvalue weighted by Gasteiger charge is 2.17. The van der Waals surface area contributed by atoms with Gasteiger partial charge in [0.05, 0.1) is 0 Å². The molecule has 2 N–H and O–H groups in total. The van der Waals surface area contributed by atoms with Crippen molar-refractivity contribution in [2.75, 3.05) is 13.1 Å². The number of urea groups is 1. The zero-order valence-electron chi connectivity index (χ0n) is 8.44. The Morgan fingerprint density at radius 3 is 3.07 bits per heavy atom. The molecule has 1 aliphatic heterocycles. The van der Waals surface area contributed by atoms with Crippen molar-refractivity contribution in [3.63, 3.8) is 0 Å². The maximum atomic E-state index is 11.4. The van der Waals surface area contributed by atoms with Gasteiger partial charge in [-0.2, -0.15) is 0 Å². The van der Waals surface area contributed by atoms with Crippen LogP contribution in [0, 0.1) is 0 Å². The number of aromatic hydroxyl groups is 1. The molecule has 15 heavy (non-hydrogen) atoms. The molecule has 1 aromatic rings. The summed E-state index contributed by atoms with van der Waals surface area (Å²) in [4.78, 5) is 13.2. The molecule has 0 bridgehead atoms. The Bertz CT molecular complexity index is 365. The summed E-state index contributed by atoms with van der Waals surface area (Å²) in [5.41, 5.74) is 0.951. The standard InChI is InChI=1S/C11H14N2O2/c14-10-4-1-3-9(7-10)8-13-6-2-5-12-11(13)15/h1,3-4,7,14H,2,5-6,8H2,(H,12,15). The van der Waals surface area contributed by atoms with E-state index in [0.717, 1.165) is 25.1 Å². The molecule has 0 spiro atoms. The van der Waals surface area contributed by atoms with Crippen molar-refractivity contribution in [2.45, 2.75) is 13.0 Å². The van der Waals surface area contributed by atoms with Gasteiger partial charge < -0.3 is 15.3 Å². The Kier molecular flexibility index (Phi) is 2.76. The van der Waals surface area contributed by atoms with Crippen LogP contribution in [0.5, 0.6) is 5.75 Å². The number of carbonyl (C=O) groups is 1. The first kappa shape index (κ1) is 9.83. The molecular formula is C11H14N2O2. The molecule has 4 nitrogen and oxygen atoms in total. The predicted octanol–water partition coefficient (Wildman–Crippen LogP) is 1.31. The van der Waals surface area contributed by atoms with Gasteiger partial charge in [0.2, 0.25) is 0 Å². The first-order valence-electron chi connectivity index (χ1n) is 5.06. The number of carbonyl (C=O) groups excluding carboxylic acids is 1. The van der Waals surface area contributed by atoms with Crippen molar-refractivity contribution in [2.24, 2.45) is 0 Å². The maximum Gasteiger partial charge on any atom is 0.317 e. The lowest BCUT2D eigenvalue weighted by Crippen LogP contribution is -2.45. The average Bonchev–Trinajstić information content (AvgIpc) is 2.22. The molecule has 0 aliphatic carbocycles. The maximum absolute atomic E-state index is 11.4. The molecule has 0 atom stereocenters. The topological polar surface area (TPSA) is 52.6 Å². The van der Waals surface area contributed by atoms with Gasteiger partial charge in [-0.25, -0.2) is 4.79 Å². The van der Waals surface area contributed by atoms with Crippen molar-refractivity contribution in [1.29, 1.82) is 0 Å². The van der Waals surface area contributed by atoms with Gasteiger partial charge in [0.15, 0.2) is 0 Å². The van der Waals surface area contributed by atoms with E-state index >= 15 is 0 Å². The number of hydrogen-bond donors (Lipinski definition) is 2. The fourth-order valence-electron chi connectivity index (χ4n) is 1.70. The molecular weight excluding hydrogens is 192 g/mol. The highest BCUT2D eigenvalue weighted by atomic mass is 16.3. The summed E-state index contributed by atoms with van der Waals surface area (Å²) in [5, 5.41) is 12.1. The number of rotatable bonds is 2. The number of phenols is 1. The fourth-order valence-corrected chi connectivity index (χ4v) is 1.70. The molecule has 1 aliphatic rings. The molecule has 1 saturated heterocycles. The summed E-state index contributed by atoms with van der Waals surface area (Å²) in [6.45, 7) is 2.09. The zero-order valence-corrected chi connectivity index (χ0v) is 8.44. The van der Waals surface area contributed by atoms with Crippen LogP contribution < -0.4 is 5.32 Å². The molecule has 2 amide bonds. The van der Waals surface area contributed by atoms with Crippen LogP contribution in [0.2, 0.25) is 0 Å². The van der Waals surface area contributed by atoms with Gasteiger partial charge in [-0.3, -0.25) is 0 Å². The second-order valence-electron chi connectivity index (χ2n) is 3.68. The Labute approximate surface area is 88.5 Å². The number of phenolic OH excluding ortho intramolecular Hbond substituents is 1. The minimum atomic E-state index is -0.0235. The summed E-state index contributed by atoms with van der Waals surface area (Å²) in [7, 11) is 0. The van der Waals surface area contributed by atoms with Crippen molar-refractivity contribution >= 4 is 6.03 Å². The molecule has 0 radical (unpaired) electrons. The smallest absolute Gasteiger partial charge is 0.317 e. The number of benzene rings is 1. The minimum absolute atomic E-state index is 0.0235. The van der Waals surface area contributed by atoms with Crippen molar-refractivity contribution in [1.82, 2.24) is 10.2 Å². The van der Waals surface area contributed by atoms with Crippen LogP contribution in [0.3, 0.4) is 0 Å². The zero-order chi connectivity index (χ0) is 10.7. The Morgan fingerprint density at radius 1 is 1.47 bits per heavy atom. The van der Waals surface area contributed by atoms with Crippen LogP contribution in [-0.2, 0) is 6.54 Å². The second kappa shape index (κ2) is 4.21. The van der Waals surface area contributed by atoms with Crippen LogP contribution in [0.4, 0.5) is 4.79 Å². The summed E-state index contributed by atoms with van der Waals surface area (Å²) in [6, 6.07) is 6.97. The molecule has 0 aromatic heterocycles. The van der Waals surface area contributed by atoms with Gasteiger partial charge in [0, 0.05) is 19.6 Å². The number of amides is 2. The SMILES string of the molecule is O=C1NCCCN1Cc1cccc(O)c1. The van der Waals surface area contributed by atoms with E-state index in [1.807, 2.05) is 6.07 Å². The third kappa shape index (κ3) is 2.40. The number of nitrogens with zero attached hydrogens (tertiary/aromatic N) is 1. The third-order valence-electron chi connectivity index (χ3n) is 2.45. The first-order valence-corrected chi connectivity index (χ1v) is 5.06. The molecule has 80 valence electrons. The molecule has 4 heteroatoms. The first-order chi connectivity index (χ1) is 7.25. The van der Waals surface area contributed by atoms with E-state index in [1.165, 1.54) is 0 Å². The van der Waals surface area contributed by atoms with Crippen molar-refractivity contribution in [3.05, 3.63) is 29.8 Å². The summed E-state index contributed by atoms with van der Waals surface area (Å²) >= 11 is 0. The molecule has 0 unspecified atom stereocenters. The molecule has 0 saturated carbocycles. The van der Waals surface area contributed by atoms with Gasteiger partial charge in [0.25, 0.3) is 0 Å². The van der Waals surface area contributed by atoms with Crippen LogP contribution in [0.25, 0.3) is 0 Å². The van der Waals surface area contributed by atoms with Crippen LogP contribution in [0.15, 0.2) is 24.3 Å². The van der Waals surface area contributed by atoms with E-state index < -0.39 is 0 Å². The minimum Gasteiger partial charge on any atom is -0.508 e. The van der Waals surface area contributed by atoms with Gasteiger partial charge in [0.1, 0.15) is 5.75 Å². The normalized spacial score (nSPS) is 16.3. The number of nitrogens with one attached hydrogen (secondary N) is 1. The van der Waals surface area contributed by atoms with Crippen LogP contribution >= 0.6 is 0 Å². The van der Waals surface area contributed by atoms with Crippen molar-refractivity contribution in [3.8, 4) is 5.75 Å². The lowest BCUT2D eigenvalue weighted by molar-refractivity contribution is 0.183. The second-order valence-corrected chi connectivity index (χ2v) is 3.68. The lowest BCUT2D eigenvalue weighted by atomic mass is 10.2. The Balaban J connectivity index is 2.04. The quantitative estimate of drug-likeness (QED) is 0.766. The van der Waals surface area contributed by atoms with Crippen LogP contribution in [0.1, 0.15) is 12.0 Å². The molecule has 2 rings (SSSR count). The van der Waals surface area contributed by atoms with Gasteiger partial charge in [-0.05, 0) is 24.1 Å². The van der Waals surface area contributed by atoms with Crippen LogP contribution in [-0.4, -0.2) is 29.1 Å². The van der Waals surface area contributed by atoms with Gasteiger partial charge in [-0.1, -0.05) is 12.1 Å². The van der Waals surface area contributed by atoms with E-state index in [4.69, 9.17) is 0 Å². The monoisotopic (exact) mass is 206 g/mol. The van der Waals surface area contributed by atoms with E-state index in [9.17, 15) is 9.90 Å². The fraction of sp³-hybridized carbons (Fsp3) is 0.364. The van der Waals surface area contributed by atoms with E-state index in [2.05, 4.69) is 5.32 Å². The Hall–Kier alpha value is -1.71. The van der Waals surface area contributed by atoms with E-state index in [1.54, 1.807) is 23.1 Å². The lowest BCUT2D eigenvalue weighted by Gasteiger charge is -2.27. The highest BCUT2D eigenvalue weighted by Crippen LogP contribution is 2.14. The molecule has 1 aromatic carbocycles. The summed E-state index contributed by atoms with van der Waals surface area (Å²) in [6.07, 6.45) is 0.977. The highest BCUT2D eigenvalue weighted by molar-refractivity contribution is 5.74. The van der Waals surface area contributed by atoms with Crippen molar-refractivity contribution < 1.29 is 9.90 Å². The van der Waals surface area contributed by atoms with Gasteiger partial charge >= 0.3 is 6.03 Å². The van der Waals surface area contributed by atoms with E-state index in [0.29, 0.717) is 6.54 Å². The average molecular weight is 206 g/mol. The van der Waals surface area contributed by atoms with E-state index in [-0.39, 0.29) is 11.8 Å². The Morgan fingerprint density at radius 2 is 2.33 bits per heavy atom. The molecule has 1 fully saturated rings. The molecule has 1 heterocycles. The van der Waals surface area contributed by atoms with Gasteiger partial charge in [-0.15, -0.1) is 0 Å².